The monoisotopic (exact) mass is 423 g/mol. The molecule has 0 aromatic heterocycles. The van der Waals surface area contributed by atoms with Gasteiger partial charge in [-0.15, -0.1) is 0 Å². The van der Waals surface area contributed by atoms with Crippen molar-refractivity contribution in [2.75, 3.05) is 33.3 Å². The maximum absolute atomic E-state index is 12.9. The summed E-state index contributed by atoms with van der Waals surface area (Å²) in [5, 5.41) is 12.1. The Balaban J connectivity index is 1.68. The van der Waals surface area contributed by atoms with Gasteiger partial charge in [0.2, 0.25) is 0 Å². The molecule has 1 fully saturated rings. The number of piperazine rings is 1. The number of hydrogen-bond donors (Lipinski definition) is 0. The molecule has 28 heavy (non-hydrogen) atoms. The van der Waals surface area contributed by atoms with Crippen molar-refractivity contribution in [3.8, 4) is 5.75 Å². The van der Waals surface area contributed by atoms with E-state index in [2.05, 4.69) is 4.90 Å². The first-order chi connectivity index (χ1) is 13.4. The van der Waals surface area contributed by atoms with E-state index in [9.17, 15) is 14.9 Å². The maximum atomic E-state index is 12.9. The van der Waals surface area contributed by atoms with E-state index < -0.39 is 4.92 Å². The Morgan fingerprint density at radius 2 is 1.89 bits per heavy atom. The van der Waals surface area contributed by atoms with Crippen LogP contribution in [0.3, 0.4) is 0 Å². The minimum absolute atomic E-state index is 0.140. The number of rotatable bonds is 5. The zero-order valence-corrected chi connectivity index (χ0v) is 16.7. The predicted octanol–water partition coefficient (Wildman–Crippen LogP) is 3.87. The van der Waals surface area contributed by atoms with E-state index in [0.717, 1.165) is 5.56 Å². The molecule has 0 saturated carbocycles. The van der Waals surface area contributed by atoms with Gasteiger partial charge in [0.05, 0.1) is 27.6 Å². The first-order valence-electron chi connectivity index (χ1n) is 8.67. The number of carbonyl (C=O) groups is 1. The molecule has 1 aliphatic heterocycles. The highest BCUT2D eigenvalue weighted by Gasteiger charge is 2.26. The number of benzene rings is 2. The molecule has 0 bridgehead atoms. The molecule has 0 atom stereocenters. The van der Waals surface area contributed by atoms with Crippen LogP contribution in [-0.4, -0.2) is 53.9 Å². The highest BCUT2D eigenvalue weighted by molar-refractivity contribution is 6.42. The Morgan fingerprint density at radius 3 is 2.54 bits per heavy atom. The molecule has 1 amide bonds. The minimum Gasteiger partial charge on any atom is -0.496 e. The average molecular weight is 424 g/mol. The number of ether oxygens (including phenoxy) is 1. The summed E-state index contributed by atoms with van der Waals surface area (Å²) in [5.74, 6) is 0.0460. The van der Waals surface area contributed by atoms with Crippen LogP contribution >= 0.6 is 23.2 Å². The largest absolute Gasteiger partial charge is 0.496 e. The fourth-order valence-corrected chi connectivity index (χ4v) is 3.55. The summed E-state index contributed by atoms with van der Waals surface area (Å²) < 4.78 is 5.21. The highest BCUT2D eigenvalue weighted by atomic mass is 35.5. The molecule has 0 radical (unpaired) electrons. The standard InChI is InChI=1S/C19H19Cl2N3O4/c1-28-17-6-5-14(24(26)27)11-15(17)19(25)23-9-7-22(8-10-23)12-13-3-2-4-16(20)18(13)21/h2-6,11H,7-10,12H2,1H3. The lowest BCUT2D eigenvalue weighted by atomic mass is 10.1. The van der Waals surface area contributed by atoms with E-state index in [-0.39, 0.29) is 17.2 Å². The van der Waals surface area contributed by atoms with Crippen LogP contribution in [0.5, 0.6) is 5.75 Å². The summed E-state index contributed by atoms with van der Waals surface area (Å²) in [4.78, 5) is 27.3. The van der Waals surface area contributed by atoms with Gasteiger partial charge in [-0.2, -0.15) is 0 Å². The molecular formula is C19H19Cl2N3O4. The number of nitro groups is 1. The first kappa shape index (κ1) is 20.4. The number of halogens is 2. The van der Waals surface area contributed by atoms with E-state index in [1.54, 1.807) is 11.0 Å². The summed E-state index contributed by atoms with van der Waals surface area (Å²) in [6.45, 7) is 2.96. The second-order valence-electron chi connectivity index (χ2n) is 6.42. The van der Waals surface area contributed by atoms with Crippen LogP contribution in [0.2, 0.25) is 10.0 Å². The van der Waals surface area contributed by atoms with Gasteiger partial charge in [0.15, 0.2) is 0 Å². The summed E-state index contributed by atoms with van der Waals surface area (Å²) >= 11 is 12.3. The van der Waals surface area contributed by atoms with E-state index >= 15 is 0 Å². The average Bonchev–Trinajstić information content (AvgIpc) is 2.71. The number of hydrogen-bond acceptors (Lipinski definition) is 5. The maximum Gasteiger partial charge on any atom is 0.270 e. The fraction of sp³-hybridized carbons (Fsp3) is 0.316. The summed E-state index contributed by atoms with van der Waals surface area (Å²) in [7, 11) is 1.44. The Kier molecular flexibility index (Phi) is 6.39. The van der Waals surface area contributed by atoms with Crippen molar-refractivity contribution in [1.29, 1.82) is 0 Å². The Labute approximate surface area is 172 Å². The molecule has 7 nitrogen and oxygen atoms in total. The molecule has 1 saturated heterocycles. The number of methoxy groups -OCH3 is 1. The quantitative estimate of drug-likeness (QED) is 0.538. The van der Waals surface area contributed by atoms with Crippen LogP contribution in [0.1, 0.15) is 15.9 Å². The number of carbonyl (C=O) groups excluding carboxylic acids is 1. The van der Waals surface area contributed by atoms with Crippen molar-refractivity contribution in [3.63, 3.8) is 0 Å². The molecule has 0 unspecified atom stereocenters. The van der Waals surface area contributed by atoms with Crippen molar-refractivity contribution in [1.82, 2.24) is 9.80 Å². The van der Waals surface area contributed by atoms with E-state index in [0.29, 0.717) is 48.5 Å². The van der Waals surface area contributed by atoms with Gasteiger partial charge in [0.1, 0.15) is 5.75 Å². The predicted molar refractivity (Wildman–Crippen MR) is 107 cm³/mol. The molecular weight excluding hydrogens is 405 g/mol. The van der Waals surface area contributed by atoms with Crippen LogP contribution in [0.4, 0.5) is 5.69 Å². The van der Waals surface area contributed by atoms with Gasteiger partial charge in [0, 0.05) is 44.9 Å². The lowest BCUT2D eigenvalue weighted by Gasteiger charge is -2.35. The van der Waals surface area contributed by atoms with Crippen LogP contribution in [0.25, 0.3) is 0 Å². The van der Waals surface area contributed by atoms with Crippen LogP contribution in [-0.2, 0) is 6.54 Å². The molecule has 3 rings (SSSR count). The van der Waals surface area contributed by atoms with Gasteiger partial charge in [-0.3, -0.25) is 19.8 Å². The topological polar surface area (TPSA) is 75.9 Å². The lowest BCUT2D eigenvalue weighted by molar-refractivity contribution is -0.384. The van der Waals surface area contributed by atoms with E-state index in [4.69, 9.17) is 27.9 Å². The van der Waals surface area contributed by atoms with Gasteiger partial charge in [-0.1, -0.05) is 35.3 Å². The third-order valence-electron chi connectivity index (χ3n) is 4.71. The van der Waals surface area contributed by atoms with Gasteiger partial charge < -0.3 is 9.64 Å². The smallest absolute Gasteiger partial charge is 0.270 e. The molecule has 1 heterocycles. The Morgan fingerprint density at radius 1 is 1.18 bits per heavy atom. The van der Waals surface area contributed by atoms with Crippen molar-refractivity contribution >= 4 is 34.8 Å². The van der Waals surface area contributed by atoms with Crippen molar-refractivity contribution in [3.05, 3.63) is 67.7 Å². The zero-order valence-electron chi connectivity index (χ0n) is 15.2. The normalized spacial score (nSPS) is 14.8. The number of amides is 1. The number of nitrogens with zero attached hydrogens (tertiary/aromatic N) is 3. The summed E-state index contributed by atoms with van der Waals surface area (Å²) in [6.07, 6.45) is 0. The fourth-order valence-electron chi connectivity index (χ4n) is 3.17. The summed E-state index contributed by atoms with van der Waals surface area (Å²) in [6, 6.07) is 9.57. The molecule has 2 aromatic rings. The minimum atomic E-state index is -0.525. The van der Waals surface area contributed by atoms with E-state index in [1.165, 1.54) is 25.3 Å². The first-order valence-corrected chi connectivity index (χ1v) is 9.43. The molecule has 0 spiro atoms. The molecule has 148 valence electrons. The SMILES string of the molecule is COc1ccc([N+](=O)[O-])cc1C(=O)N1CCN(Cc2cccc(Cl)c2Cl)CC1. The van der Waals surface area contributed by atoms with Crippen LogP contribution in [0, 0.1) is 10.1 Å². The molecule has 0 aliphatic carbocycles. The third kappa shape index (κ3) is 4.38. The Hall–Kier alpha value is -2.35. The second-order valence-corrected chi connectivity index (χ2v) is 7.21. The molecule has 0 N–H and O–H groups in total. The molecule has 1 aliphatic rings. The van der Waals surface area contributed by atoms with Crippen LogP contribution in [0.15, 0.2) is 36.4 Å². The Bertz CT molecular complexity index is 899. The van der Waals surface area contributed by atoms with Crippen molar-refractivity contribution in [2.24, 2.45) is 0 Å². The van der Waals surface area contributed by atoms with Gasteiger partial charge in [0.25, 0.3) is 11.6 Å². The zero-order chi connectivity index (χ0) is 20.3. The van der Waals surface area contributed by atoms with Crippen molar-refractivity contribution in [2.45, 2.75) is 6.54 Å². The lowest BCUT2D eigenvalue weighted by Crippen LogP contribution is -2.48. The van der Waals surface area contributed by atoms with E-state index in [1.807, 2.05) is 12.1 Å². The van der Waals surface area contributed by atoms with Crippen molar-refractivity contribution < 1.29 is 14.5 Å². The highest BCUT2D eigenvalue weighted by Crippen LogP contribution is 2.28. The molecule has 9 heteroatoms. The van der Waals surface area contributed by atoms with Crippen LogP contribution < -0.4 is 4.74 Å². The number of nitro benzene ring substituents is 1. The second kappa shape index (κ2) is 8.77. The molecule has 2 aromatic carbocycles. The van der Waals surface area contributed by atoms with Gasteiger partial charge in [-0.25, -0.2) is 0 Å². The number of non-ortho nitro benzene ring substituents is 1. The third-order valence-corrected chi connectivity index (χ3v) is 5.57. The van der Waals surface area contributed by atoms with Gasteiger partial charge >= 0.3 is 0 Å². The van der Waals surface area contributed by atoms with Gasteiger partial charge in [-0.05, 0) is 17.7 Å². The summed E-state index contributed by atoms with van der Waals surface area (Å²) in [5.41, 5.74) is 0.996.